The molecule has 27 heavy (non-hydrogen) atoms. The molecule has 3 aromatic rings. The first-order valence-electron chi connectivity index (χ1n) is 9.46. The summed E-state index contributed by atoms with van der Waals surface area (Å²) in [7, 11) is 0. The molecule has 5 heteroatoms. The standard InChI is InChI=1S/C22H24N4O/c1-2-21(27)26(18-11-7-4-8-12-18)22-19-15-25(16-20(19)23-24-22)14-13-17-9-5-3-6-10-17/h3-12H,2,13-16H2,1H3,(H,23,24). The minimum Gasteiger partial charge on any atom is -0.293 e. The highest BCUT2D eigenvalue weighted by molar-refractivity contribution is 6.00. The van der Waals surface area contributed by atoms with Crippen molar-refractivity contribution in [3.8, 4) is 0 Å². The molecule has 1 aliphatic heterocycles. The number of aromatic amines is 1. The molecule has 2 aromatic carbocycles. The third-order valence-electron chi connectivity index (χ3n) is 5.03. The molecular weight excluding hydrogens is 336 g/mol. The Morgan fingerprint density at radius 1 is 1.07 bits per heavy atom. The van der Waals surface area contributed by atoms with E-state index in [9.17, 15) is 4.79 Å². The molecule has 138 valence electrons. The van der Waals surface area contributed by atoms with Gasteiger partial charge in [0.25, 0.3) is 0 Å². The average molecular weight is 360 g/mol. The van der Waals surface area contributed by atoms with Crippen molar-refractivity contribution in [3.05, 3.63) is 77.5 Å². The molecule has 1 N–H and O–H groups in total. The van der Waals surface area contributed by atoms with Gasteiger partial charge in [0.15, 0.2) is 5.82 Å². The molecule has 0 spiro atoms. The average Bonchev–Trinajstić information content (AvgIpc) is 3.29. The molecule has 1 amide bonds. The van der Waals surface area contributed by atoms with Gasteiger partial charge in [0.2, 0.25) is 5.91 Å². The Labute approximate surface area is 159 Å². The van der Waals surface area contributed by atoms with Crippen molar-refractivity contribution in [2.24, 2.45) is 0 Å². The normalized spacial score (nSPS) is 13.5. The molecule has 4 rings (SSSR count). The van der Waals surface area contributed by atoms with Crippen molar-refractivity contribution < 1.29 is 4.79 Å². The number of carbonyl (C=O) groups is 1. The largest absolute Gasteiger partial charge is 0.293 e. The number of para-hydroxylation sites is 1. The smallest absolute Gasteiger partial charge is 0.232 e. The molecule has 0 bridgehead atoms. The van der Waals surface area contributed by atoms with E-state index < -0.39 is 0 Å². The van der Waals surface area contributed by atoms with Crippen molar-refractivity contribution in [2.75, 3.05) is 11.4 Å². The van der Waals surface area contributed by atoms with Gasteiger partial charge in [-0.3, -0.25) is 19.7 Å². The van der Waals surface area contributed by atoms with Crippen LogP contribution in [-0.4, -0.2) is 27.5 Å². The van der Waals surface area contributed by atoms with Crippen LogP contribution in [0.5, 0.6) is 0 Å². The van der Waals surface area contributed by atoms with Crippen LogP contribution in [-0.2, 0) is 24.3 Å². The van der Waals surface area contributed by atoms with Gasteiger partial charge in [-0.15, -0.1) is 0 Å². The van der Waals surface area contributed by atoms with E-state index in [2.05, 4.69) is 39.4 Å². The van der Waals surface area contributed by atoms with E-state index in [1.165, 1.54) is 5.56 Å². The second-order valence-corrected chi connectivity index (χ2v) is 6.87. The summed E-state index contributed by atoms with van der Waals surface area (Å²) in [6.45, 7) is 4.53. The molecule has 1 aliphatic rings. The Morgan fingerprint density at radius 3 is 2.48 bits per heavy atom. The molecule has 0 unspecified atom stereocenters. The molecule has 5 nitrogen and oxygen atoms in total. The lowest BCUT2D eigenvalue weighted by Crippen LogP contribution is -2.27. The maximum atomic E-state index is 12.7. The minimum absolute atomic E-state index is 0.0539. The Kier molecular flexibility index (Phi) is 5.03. The highest BCUT2D eigenvalue weighted by Crippen LogP contribution is 2.34. The van der Waals surface area contributed by atoms with Crippen LogP contribution in [0.25, 0.3) is 0 Å². The third kappa shape index (κ3) is 3.64. The number of nitrogens with zero attached hydrogens (tertiary/aromatic N) is 3. The monoisotopic (exact) mass is 360 g/mol. The number of anilines is 2. The molecule has 1 aromatic heterocycles. The molecule has 0 atom stereocenters. The summed E-state index contributed by atoms with van der Waals surface area (Å²) in [6.07, 6.45) is 1.46. The van der Waals surface area contributed by atoms with Crippen LogP contribution in [0.3, 0.4) is 0 Å². The van der Waals surface area contributed by atoms with Crippen LogP contribution in [0.4, 0.5) is 11.5 Å². The van der Waals surface area contributed by atoms with Gasteiger partial charge in [0.05, 0.1) is 11.4 Å². The van der Waals surface area contributed by atoms with E-state index in [0.29, 0.717) is 6.42 Å². The number of aromatic nitrogens is 2. The summed E-state index contributed by atoms with van der Waals surface area (Å²) in [6, 6.07) is 20.3. The number of amides is 1. The van der Waals surface area contributed by atoms with Crippen LogP contribution < -0.4 is 4.90 Å². The van der Waals surface area contributed by atoms with Gasteiger partial charge in [-0.2, -0.15) is 5.10 Å². The predicted octanol–water partition coefficient (Wildman–Crippen LogP) is 4.04. The molecular formula is C22H24N4O. The minimum atomic E-state index is 0.0539. The van der Waals surface area contributed by atoms with Crippen LogP contribution in [0.1, 0.15) is 30.2 Å². The fourth-order valence-electron chi connectivity index (χ4n) is 3.58. The maximum absolute atomic E-state index is 12.7. The lowest BCUT2D eigenvalue weighted by Gasteiger charge is -2.22. The number of benzene rings is 2. The number of H-pyrrole nitrogens is 1. The van der Waals surface area contributed by atoms with Gasteiger partial charge in [0, 0.05) is 31.6 Å². The van der Waals surface area contributed by atoms with Crippen molar-refractivity contribution in [1.29, 1.82) is 0 Å². The number of rotatable bonds is 6. The fraction of sp³-hybridized carbons (Fsp3) is 0.273. The molecule has 0 fully saturated rings. The highest BCUT2D eigenvalue weighted by atomic mass is 16.2. The van der Waals surface area contributed by atoms with Crippen LogP contribution in [0.15, 0.2) is 60.7 Å². The van der Waals surface area contributed by atoms with Crippen molar-refractivity contribution in [1.82, 2.24) is 15.1 Å². The zero-order valence-electron chi connectivity index (χ0n) is 15.6. The molecule has 0 aliphatic carbocycles. The van der Waals surface area contributed by atoms with Gasteiger partial charge in [-0.25, -0.2) is 0 Å². The SMILES string of the molecule is CCC(=O)N(c1ccccc1)c1n[nH]c2c1CN(CCc1ccccc1)C2. The van der Waals surface area contributed by atoms with Gasteiger partial charge >= 0.3 is 0 Å². The van der Waals surface area contributed by atoms with E-state index in [4.69, 9.17) is 0 Å². The van der Waals surface area contributed by atoms with E-state index >= 15 is 0 Å². The second kappa shape index (κ2) is 7.76. The van der Waals surface area contributed by atoms with Crippen molar-refractivity contribution >= 4 is 17.4 Å². The van der Waals surface area contributed by atoms with Crippen molar-refractivity contribution in [3.63, 3.8) is 0 Å². The zero-order chi connectivity index (χ0) is 18.6. The first-order chi connectivity index (χ1) is 13.3. The van der Waals surface area contributed by atoms with Gasteiger partial charge < -0.3 is 0 Å². The zero-order valence-corrected chi connectivity index (χ0v) is 15.6. The van der Waals surface area contributed by atoms with Crippen LogP contribution >= 0.6 is 0 Å². The Morgan fingerprint density at radius 2 is 1.78 bits per heavy atom. The number of carbonyl (C=O) groups excluding carboxylic acids is 1. The number of fused-ring (bicyclic) bond motifs is 1. The molecule has 0 radical (unpaired) electrons. The van der Waals surface area contributed by atoms with E-state index in [1.807, 2.05) is 43.3 Å². The number of hydrogen-bond acceptors (Lipinski definition) is 3. The summed E-state index contributed by atoms with van der Waals surface area (Å²) in [5.74, 6) is 0.795. The number of nitrogens with one attached hydrogen (secondary N) is 1. The topological polar surface area (TPSA) is 52.2 Å². The molecule has 0 saturated heterocycles. The van der Waals surface area contributed by atoms with Crippen LogP contribution in [0, 0.1) is 0 Å². The summed E-state index contributed by atoms with van der Waals surface area (Å²) in [5.41, 5.74) is 4.46. The maximum Gasteiger partial charge on any atom is 0.232 e. The van der Waals surface area contributed by atoms with Gasteiger partial charge in [-0.1, -0.05) is 55.5 Å². The lowest BCUT2D eigenvalue weighted by atomic mass is 10.1. The number of hydrogen-bond donors (Lipinski definition) is 1. The lowest BCUT2D eigenvalue weighted by molar-refractivity contribution is -0.117. The Bertz CT molecular complexity index is 905. The Hall–Kier alpha value is -2.92. The summed E-state index contributed by atoms with van der Waals surface area (Å²) < 4.78 is 0. The van der Waals surface area contributed by atoms with Crippen LogP contribution in [0.2, 0.25) is 0 Å². The predicted molar refractivity (Wildman–Crippen MR) is 107 cm³/mol. The van der Waals surface area contributed by atoms with E-state index in [-0.39, 0.29) is 5.91 Å². The summed E-state index contributed by atoms with van der Waals surface area (Å²) >= 11 is 0. The molecule has 2 heterocycles. The Balaban J connectivity index is 1.53. The third-order valence-corrected chi connectivity index (χ3v) is 5.03. The van der Waals surface area contributed by atoms with Gasteiger partial charge in [-0.05, 0) is 24.1 Å². The first kappa shape index (κ1) is 17.5. The first-order valence-corrected chi connectivity index (χ1v) is 9.46. The highest BCUT2D eigenvalue weighted by Gasteiger charge is 2.30. The van der Waals surface area contributed by atoms with Gasteiger partial charge in [0.1, 0.15) is 0 Å². The summed E-state index contributed by atoms with van der Waals surface area (Å²) in [4.78, 5) is 16.8. The quantitative estimate of drug-likeness (QED) is 0.722. The van der Waals surface area contributed by atoms with E-state index in [0.717, 1.165) is 48.8 Å². The van der Waals surface area contributed by atoms with E-state index in [1.54, 1.807) is 4.90 Å². The van der Waals surface area contributed by atoms with Crippen molar-refractivity contribution in [2.45, 2.75) is 32.9 Å². The summed E-state index contributed by atoms with van der Waals surface area (Å²) in [5, 5.41) is 7.65. The second-order valence-electron chi connectivity index (χ2n) is 6.87. The fourth-order valence-corrected chi connectivity index (χ4v) is 3.58. The molecule has 0 saturated carbocycles.